The van der Waals surface area contributed by atoms with Gasteiger partial charge in [-0.2, -0.15) is 0 Å². The molecule has 2 aliphatic heterocycles. The van der Waals surface area contributed by atoms with Crippen LogP contribution in [0.1, 0.15) is 300 Å². The Morgan fingerprint density at radius 2 is 0.675 bits per heavy atom. The standard InChI is InChI=1S/C109H129N5O6S3/c1-7-13-19-25-29-35-75-117-97-43-39-44-98(118-76-36-30-26-20-14-8-2)107(97)105-93-66-64-89(110-93)88(63-59-87-62-74-103(123-87)109(115)116)90-65-67-94(111-90)106(108-99(119-77-37-31-27-21-15-9-3)45-40-46-100(108)120-78-38-32-28-22-16-10-4)96-71-69-92(113-96)104(91-68-70-95(105)112-91)81-51-57-84(58-52-81)114(82-53-47-79(48-54-82)101-72-60-85(121-101)41-33-23-17-11-5)83-55-49-80(50-56-83)102-73-61-86(122-102)42-34-24-18-12-6/h39-40,43-58,60-62,64-74,110,113H,7-38,41-42,75-78H2,1-6H3,(H,115,116). The number of aryl methyl sites for hydroxylation is 2. The van der Waals surface area contributed by atoms with E-state index >= 15 is 0 Å². The fraction of sp³-hybridized carbons (Fsp3) is 0.404. The summed E-state index contributed by atoms with van der Waals surface area (Å²) in [5.41, 5.74) is 17.2. The van der Waals surface area contributed by atoms with E-state index in [1.165, 1.54) is 159 Å². The molecule has 5 aromatic carbocycles. The first kappa shape index (κ1) is 90.6. The first-order valence-corrected chi connectivity index (χ1v) is 49.2. The van der Waals surface area contributed by atoms with E-state index in [0.717, 1.165) is 180 Å². The zero-order chi connectivity index (χ0) is 85.2. The van der Waals surface area contributed by atoms with Crippen LogP contribution in [-0.2, 0) is 12.8 Å². The lowest BCUT2D eigenvalue weighted by molar-refractivity contribution is 0.0702. The van der Waals surface area contributed by atoms with Gasteiger partial charge in [0.25, 0.3) is 0 Å². The molecule has 6 aromatic heterocycles. The van der Waals surface area contributed by atoms with Crippen LogP contribution in [-0.4, -0.2) is 57.4 Å². The molecule has 0 atom stereocenters. The fourth-order valence-electron chi connectivity index (χ4n) is 16.6. The van der Waals surface area contributed by atoms with Gasteiger partial charge in [-0.25, -0.2) is 14.8 Å². The van der Waals surface area contributed by atoms with E-state index in [4.69, 9.17) is 28.9 Å². The number of benzene rings is 5. The zero-order valence-corrected chi connectivity index (χ0v) is 76.3. The average Bonchev–Trinajstić information content (AvgIpc) is 1.64. The summed E-state index contributed by atoms with van der Waals surface area (Å²) >= 11 is 5.00. The number of rotatable bonds is 51. The van der Waals surface area contributed by atoms with Gasteiger partial charge in [0.1, 0.15) is 27.9 Å². The highest BCUT2D eigenvalue weighted by Gasteiger charge is 2.27. The number of carboxylic acids is 1. The summed E-state index contributed by atoms with van der Waals surface area (Å²) in [4.78, 5) is 40.8. The molecule has 0 amide bonds. The Labute approximate surface area is 745 Å². The molecule has 0 saturated heterocycles. The Kier molecular flexibility index (Phi) is 35.5. The van der Waals surface area contributed by atoms with Gasteiger partial charge in [-0.05, 0) is 214 Å². The van der Waals surface area contributed by atoms with Gasteiger partial charge >= 0.3 is 5.97 Å². The van der Waals surface area contributed by atoms with E-state index in [2.05, 4.69) is 250 Å². The molecular weight excluding hydrogens is 1570 g/mol. The predicted molar refractivity (Wildman–Crippen MR) is 525 cm³/mol. The maximum Gasteiger partial charge on any atom is 0.345 e. The van der Waals surface area contributed by atoms with Crippen LogP contribution in [0.25, 0.3) is 101 Å². The van der Waals surface area contributed by atoms with Crippen molar-refractivity contribution in [3.8, 4) is 89.1 Å². The molecule has 8 bridgehead atoms. The van der Waals surface area contributed by atoms with Crippen molar-refractivity contribution in [2.45, 2.75) is 260 Å². The summed E-state index contributed by atoms with van der Waals surface area (Å²) in [6, 6.07) is 61.1. The highest BCUT2D eigenvalue weighted by atomic mass is 32.1. The smallest absolute Gasteiger partial charge is 0.345 e. The van der Waals surface area contributed by atoms with Crippen molar-refractivity contribution in [1.29, 1.82) is 0 Å². The molecular formula is C109H129N5O6S3. The molecule has 8 heterocycles. The Morgan fingerprint density at radius 1 is 0.333 bits per heavy atom. The number of aromatic carboxylic acids is 1. The predicted octanol–water partition coefficient (Wildman–Crippen LogP) is 32.9. The van der Waals surface area contributed by atoms with Gasteiger partial charge in [0.15, 0.2) is 0 Å². The SMILES string of the molecule is CCCCCCCCOc1cccc(OCCCCCCCC)c1-c1c2nc(c(-c3ccc(N(c4ccc(-c5ccc(CCCCCC)s5)cc4)c4ccc(-c5ccc(CCCCCC)s5)cc4)cc3)c3ccc([nH]3)c(-c3c(OCCCCCCCC)cccc3OCCCCCCCC)c3nc(c(C#Cc4ccc(C(=O)O)s4)c4ccc1[nH]4)C=C3)C=C2. The minimum absolute atomic E-state index is 0.215. The van der Waals surface area contributed by atoms with Gasteiger partial charge in [0.05, 0.1) is 76.3 Å². The molecule has 13 rings (SSSR count). The minimum Gasteiger partial charge on any atom is -0.493 e. The van der Waals surface area contributed by atoms with E-state index in [1.54, 1.807) is 12.1 Å². The van der Waals surface area contributed by atoms with Gasteiger partial charge in [0, 0.05) is 69.8 Å². The molecule has 14 heteroatoms. The third-order valence-corrected chi connectivity index (χ3v) is 26.9. The van der Waals surface area contributed by atoms with Crippen LogP contribution in [0, 0.1) is 11.8 Å². The van der Waals surface area contributed by atoms with Crippen molar-refractivity contribution in [3.05, 3.63) is 218 Å². The van der Waals surface area contributed by atoms with Crippen LogP contribution < -0.4 is 23.8 Å². The Bertz CT molecular complexity index is 5220. The maximum atomic E-state index is 12.4. The first-order chi connectivity index (χ1) is 60.6. The number of aromatic amines is 2. The summed E-state index contributed by atoms with van der Waals surface area (Å²) in [6.07, 6.45) is 47.8. The number of unbranched alkanes of at least 4 members (excludes halogenated alkanes) is 26. The average molecular weight is 1700 g/mol. The van der Waals surface area contributed by atoms with Gasteiger partial charge in [-0.1, -0.05) is 269 Å². The summed E-state index contributed by atoms with van der Waals surface area (Å²) in [5.74, 6) is 8.86. The van der Waals surface area contributed by atoms with Gasteiger partial charge in [-0.15, -0.1) is 34.0 Å². The highest BCUT2D eigenvalue weighted by Crippen LogP contribution is 2.48. The van der Waals surface area contributed by atoms with Crippen LogP contribution in [0.2, 0.25) is 0 Å². The lowest BCUT2D eigenvalue weighted by Gasteiger charge is -2.26. The van der Waals surface area contributed by atoms with Crippen molar-refractivity contribution in [1.82, 2.24) is 19.9 Å². The van der Waals surface area contributed by atoms with Gasteiger partial charge < -0.3 is 38.9 Å². The number of nitrogens with one attached hydrogen (secondary N) is 2. The van der Waals surface area contributed by atoms with Crippen molar-refractivity contribution < 1.29 is 28.8 Å². The maximum absolute atomic E-state index is 12.4. The largest absolute Gasteiger partial charge is 0.493 e. The highest BCUT2D eigenvalue weighted by molar-refractivity contribution is 7.16. The van der Waals surface area contributed by atoms with Crippen molar-refractivity contribution in [2.75, 3.05) is 31.3 Å². The van der Waals surface area contributed by atoms with Crippen molar-refractivity contribution in [3.63, 3.8) is 0 Å². The van der Waals surface area contributed by atoms with Gasteiger partial charge in [0.2, 0.25) is 0 Å². The minimum atomic E-state index is -0.991. The van der Waals surface area contributed by atoms with E-state index < -0.39 is 5.97 Å². The molecule has 0 unspecified atom stereocenters. The lowest BCUT2D eigenvalue weighted by Crippen LogP contribution is -2.09. The number of aromatic nitrogens is 4. The topological polar surface area (TPSA) is 135 Å². The number of carboxylic acid groups (broad SMARTS) is 1. The molecule has 11 aromatic rings. The second-order valence-corrected chi connectivity index (χ2v) is 36.5. The molecule has 2 aliphatic rings. The van der Waals surface area contributed by atoms with Crippen molar-refractivity contribution in [2.24, 2.45) is 0 Å². The molecule has 11 nitrogen and oxygen atoms in total. The van der Waals surface area contributed by atoms with Crippen LogP contribution >= 0.6 is 34.0 Å². The number of hydrogen-bond donors (Lipinski definition) is 3. The Hall–Kier alpha value is -10.2. The zero-order valence-electron chi connectivity index (χ0n) is 73.9. The Morgan fingerprint density at radius 3 is 1.07 bits per heavy atom. The number of fused-ring (bicyclic) bond motifs is 8. The van der Waals surface area contributed by atoms with Crippen LogP contribution in [0.15, 0.2) is 170 Å². The van der Waals surface area contributed by atoms with Crippen LogP contribution in [0.3, 0.4) is 0 Å². The van der Waals surface area contributed by atoms with Crippen LogP contribution in [0.4, 0.5) is 17.1 Å². The molecule has 3 N–H and O–H groups in total. The second kappa shape index (κ2) is 48.2. The fourth-order valence-corrected chi connectivity index (χ4v) is 19.4. The third-order valence-electron chi connectivity index (χ3n) is 23.5. The van der Waals surface area contributed by atoms with Crippen molar-refractivity contribution >= 4 is 103 Å². The number of anilines is 3. The second-order valence-electron chi connectivity index (χ2n) is 33.1. The van der Waals surface area contributed by atoms with E-state index in [1.807, 2.05) is 22.7 Å². The molecule has 0 spiro atoms. The summed E-state index contributed by atoms with van der Waals surface area (Å²) in [7, 11) is 0. The molecule has 0 radical (unpaired) electrons. The first-order valence-electron chi connectivity index (χ1n) is 46.7. The number of ether oxygens (including phenoxy) is 4. The summed E-state index contributed by atoms with van der Waals surface area (Å²) in [5, 5.41) is 10.2. The number of hydrogen-bond acceptors (Lipinski definition) is 11. The molecule has 0 fully saturated rings. The normalized spacial score (nSPS) is 11.7. The number of H-pyrrole nitrogens is 2. The summed E-state index contributed by atoms with van der Waals surface area (Å²) < 4.78 is 28.3. The molecule has 644 valence electrons. The van der Waals surface area contributed by atoms with E-state index in [9.17, 15) is 9.90 Å². The number of thiophene rings is 3. The molecule has 123 heavy (non-hydrogen) atoms. The van der Waals surface area contributed by atoms with E-state index in [-0.39, 0.29) is 4.88 Å². The van der Waals surface area contributed by atoms with E-state index in [0.29, 0.717) is 76.8 Å². The third kappa shape index (κ3) is 25.1. The van der Waals surface area contributed by atoms with Gasteiger partial charge in [-0.3, -0.25) is 0 Å². The van der Waals surface area contributed by atoms with Crippen LogP contribution in [0.5, 0.6) is 23.0 Å². The number of nitrogens with zero attached hydrogens (tertiary/aromatic N) is 3. The summed E-state index contributed by atoms with van der Waals surface area (Å²) in [6.45, 7) is 15.8. The quantitative estimate of drug-likeness (QED) is 0.0252. The number of carbonyl (C=O) groups is 1. The molecule has 0 aliphatic carbocycles. The molecule has 0 saturated carbocycles. The Balaban J connectivity index is 1.03. The monoisotopic (exact) mass is 1700 g/mol. The lowest BCUT2D eigenvalue weighted by atomic mass is 10.0.